The monoisotopic (exact) mass is 287 g/mol. The molecular weight excluding hydrogens is 274 g/mol. The number of rotatable bonds is 3. The highest BCUT2D eigenvalue weighted by molar-refractivity contribution is 7.11. The largest absolute Gasteiger partial charge is 0.478 e. The average Bonchev–Trinajstić information content (AvgIpc) is 2.94. The van der Waals surface area contributed by atoms with Crippen molar-refractivity contribution in [3.05, 3.63) is 45.7 Å². The smallest absolute Gasteiger partial charge is 0.335 e. The minimum absolute atomic E-state index is 0.277. The molecule has 0 saturated carbocycles. The number of hydrogen-bond acceptors (Lipinski definition) is 4. The number of aromatic carboxylic acids is 1. The number of aromatic nitrogens is 3. The van der Waals surface area contributed by atoms with Crippen LogP contribution in [-0.4, -0.2) is 25.6 Å². The highest BCUT2D eigenvalue weighted by atomic mass is 32.1. The summed E-state index contributed by atoms with van der Waals surface area (Å²) in [6.45, 7) is 4.56. The van der Waals surface area contributed by atoms with Gasteiger partial charge < -0.3 is 9.67 Å². The van der Waals surface area contributed by atoms with E-state index in [1.165, 1.54) is 0 Å². The van der Waals surface area contributed by atoms with Crippen LogP contribution in [0.2, 0.25) is 0 Å². The van der Waals surface area contributed by atoms with Gasteiger partial charge in [0.15, 0.2) is 0 Å². The van der Waals surface area contributed by atoms with Crippen LogP contribution in [0.5, 0.6) is 0 Å². The van der Waals surface area contributed by atoms with Crippen LogP contribution in [0.4, 0.5) is 0 Å². The van der Waals surface area contributed by atoms with E-state index >= 15 is 0 Å². The second kappa shape index (κ2) is 4.72. The van der Waals surface area contributed by atoms with E-state index < -0.39 is 5.97 Å². The number of hydrogen-bond donors (Lipinski definition) is 1. The molecule has 0 aliphatic carbocycles. The lowest BCUT2D eigenvalue weighted by Gasteiger charge is -2.05. The van der Waals surface area contributed by atoms with Gasteiger partial charge in [0.1, 0.15) is 5.82 Å². The highest BCUT2D eigenvalue weighted by Gasteiger charge is 2.12. The minimum Gasteiger partial charge on any atom is -0.478 e. The summed E-state index contributed by atoms with van der Waals surface area (Å²) in [5.74, 6) is -0.0560. The minimum atomic E-state index is -0.925. The van der Waals surface area contributed by atoms with E-state index in [4.69, 9.17) is 5.11 Å². The van der Waals surface area contributed by atoms with Crippen molar-refractivity contribution in [1.82, 2.24) is 14.5 Å². The van der Waals surface area contributed by atoms with Gasteiger partial charge >= 0.3 is 5.97 Å². The van der Waals surface area contributed by atoms with E-state index in [0.29, 0.717) is 6.54 Å². The predicted molar refractivity (Wildman–Crippen MR) is 77.4 cm³/mol. The van der Waals surface area contributed by atoms with Crippen molar-refractivity contribution >= 4 is 28.3 Å². The molecule has 6 heteroatoms. The number of aryl methyl sites for hydroxylation is 2. The van der Waals surface area contributed by atoms with Crippen molar-refractivity contribution in [3.8, 4) is 0 Å². The van der Waals surface area contributed by atoms with Crippen molar-refractivity contribution in [2.45, 2.75) is 20.4 Å². The summed E-state index contributed by atoms with van der Waals surface area (Å²) in [5.41, 5.74) is 1.93. The molecule has 0 atom stereocenters. The molecule has 0 bridgehead atoms. The topological polar surface area (TPSA) is 68.0 Å². The molecule has 0 saturated heterocycles. The molecule has 5 nitrogen and oxygen atoms in total. The van der Waals surface area contributed by atoms with Gasteiger partial charge in [-0.25, -0.2) is 14.8 Å². The second-order valence-corrected chi connectivity index (χ2v) is 5.92. The molecule has 20 heavy (non-hydrogen) atoms. The number of carbonyl (C=O) groups is 1. The van der Waals surface area contributed by atoms with Gasteiger partial charge in [0, 0.05) is 11.1 Å². The Kier molecular flexibility index (Phi) is 3.02. The van der Waals surface area contributed by atoms with Crippen molar-refractivity contribution < 1.29 is 9.90 Å². The molecule has 1 N–H and O–H groups in total. The normalized spacial score (nSPS) is 11.1. The maximum atomic E-state index is 11.1. The van der Waals surface area contributed by atoms with Crippen LogP contribution in [0.25, 0.3) is 11.0 Å². The summed E-state index contributed by atoms with van der Waals surface area (Å²) in [5, 5.41) is 10.1. The third kappa shape index (κ3) is 2.18. The van der Waals surface area contributed by atoms with Crippen LogP contribution in [0.15, 0.2) is 24.4 Å². The summed E-state index contributed by atoms with van der Waals surface area (Å²) < 4.78 is 2.02. The van der Waals surface area contributed by atoms with Gasteiger partial charge in [0.2, 0.25) is 0 Å². The van der Waals surface area contributed by atoms with Crippen LogP contribution in [0.1, 0.15) is 26.1 Å². The van der Waals surface area contributed by atoms with Crippen LogP contribution < -0.4 is 0 Å². The molecule has 0 unspecified atom stereocenters. The zero-order valence-electron chi connectivity index (χ0n) is 11.1. The summed E-state index contributed by atoms with van der Waals surface area (Å²) in [6, 6.07) is 5.00. The van der Waals surface area contributed by atoms with Crippen molar-refractivity contribution in [1.29, 1.82) is 0 Å². The lowest BCUT2D eigenvalue weighted by Crippen LogP contribution is -2.02. The standard InChI is InChI=1S/C14H13N3O2S/c1-8-16-12-4-3-10(14(18)19)5-13(12)17(8)7-11-6-15-9(2)20-11/h3-6H,7H2,1-2H3,(H,18,19). The molecule has 2 aromatic heterocycles. The van der Waals surface area contributed by atoms with Gasteiger partial charge in [-0.1, -0.05) is 0 Å². The Labute approximate surface area is 119 Å². The molecule has 0 aliphatic rings. The van der Waals surface area contributed by atoms with Gasteiger partial charge in [-0.3, -0.25) is 0 Å². The number of imidazole rings is 1. The van der Waals surface area contributed by atoms with E-state index in [1.807, 2.05) is 24.6 Å². The Balaban J connectivity index is 2.10. The van der Waals surface area contributed by atoms with E-state index in [2.05, 4.69) is 9.97 Å². The second-order valence-electron chi connectivity index (χ2n) is 4.60. The first-order valence-corrected chi connectivity index (χ1v) is 6.98. The number of thiazole rings is 1. The number of carboxylic acids is 1. The van der Waals surface area contributed by atoms with Crippen molar-refractivity contribution in [2.75, 3.05) is 0 Å². The number of fused-ring (bicyclic) bond motifs is 1. The molecule has 0 fully saturated rings. The quantitative estimate of drug-likeness (QED) is 0.804. The van der Waals surface area contributed by atoms with Crippen LogP contribution in [0, 0.1) is 13.8 Å². The Bertz CT molecular complexity index is 804. The maximum absolute atomic E-state index is 11.1. The third-order valence-electron chi connectivity index (χ3n) is 3.17. The molecule has 0 spiro atoms. The van der Waals surface area contributed by atoms with Crippen molar-refractivity contribution in [3.63, 3.8) is 0 Å². The van der Waals surface area contributed by atoms with Crippen LogP contribution in [-0.2, 0) is 6.54 Å². The Hall–Kier alpha value is -2.21. The fourth-order valence-corrected chi connectivity index (χ4v) is 2.99. The van der Waals surface area contributed by atoms with E-state index in [-0.39, 0.29) is 5.56 Å². The highest BCUT2D eigenvalue weighted by Crippen LogP contribution is 2.21. The number of benzene rings is 1. The average molecular weight is 287 g/mol. The SMILES string of the molecule is Cc1ncc(Cn2c(C)nc3ccc(C(=O)O)cc32)s1. The molecule has 2 heterocycles. The zero-order chi connectivity index (χ0) is 14.3. The lowest BCUT2D eigenvalue weighted by atomic mass is 10.2. The summed E-state index contributed by atoms with van der Waals surface area (Å²) in [7, 11) is 0. The van der Waals surface area contributed by atoms with Gasteiger partial charge in [-0.15, -0.1) is 11.3 Å². The molecule has 1 aromatic carbocycles. The Morgan fingerprint density at radius 2 is 2.20 bits per heavy atom. The summed E-state index contributed by atoms with van der Waals surface area (Å²) >= 11 is 1.64. The van der Waals surface area contributed by atoms with E-state index in [1.54, 1.807) is 29.5 Å². The fourth-order valence-electron chi connectivity index (χ4n) is 2.21. The number of carboxylic acid groups (broad SMARTS) is 1. The number of nitrogens with zero attached hydrogens (tertiary/aromatic N) is 3. The molecule has 102 valence electrons. The van der Waals surface area contributed by atoms with E-state index in [0.717, 1.165) is 26.7 Å². The van der Waals surface area contributed by atoms with Gasteiger partial charge in [0.25, 0.3) is 0 Å². The maximum Gasteiger partial charge on any atom is 0.335 e. The summed E-state index contributed by atoms with van der Waals surface area (Å²) in [4.78, 5) is 20.9. The first-order valence-electron chi connectivity index (χ1n) is 6.16. The van der Waals surface area contributed by atoms with Crippen LogP contribution in [0.3, 0.4) is 0 Å². The van der Waals surface area contributed by atoms with Gasteiger partial charge in [0.05, 0.1) is 28.1 Å². The summed E-state index contributed by atoms with van der Waals surface area (Å²) in [6.07, 6.45) is 1.85. The van der Waals surface area contributed by atoms with Gasteiger partial charge in [-0.2, -0.15) is 0 Å². The third-order valence-corrected chi connectivity index (χ3v) is 4.07. The molecular formula is C14H13N3O2S. The lowest BCUT2D eigenvalue weighted by molar-refractivity contribution is 0.0697. The predicted octanol–water partition coefficient (Wildman–Crippen LogP) is 2.86. The molecule has 0 radical (unpaired) electrons. The zero-order valence-corrected chi connectivity index (χ0v) is 11.9. The molecule has 3 aromatic rings. The first-order chi connectivity index (χ1) is 9.54. The molecule has 3 rings (SSSR count). The fraction of sp³-hybridized carbons (Fsp3) is 0.214. The van der Waals surface area contributed by atoms with E-state index in [9.17, 15) is 4.79 Å². The Morgan fingerprint density at radius 3 is 2.85 bits per heavy atom. The molecule has 0 aliphatic heterocycles. The molecule has 0 amide bonds. The first kappa shape index (κ1) is 12.8. The Morgan fingerprint density at radius 1 is 1.40 bits per heavy atom. The van der Waals surface area contributed by atoms with Crippen LogP contribution >= 0.6 is 11.3 Å². The van der Waals surface area contributed by atoms with Crippen molar-refractivity contribution in [2.24, 2.45) is 0 Å². The van der Waals surface area contributed by atoms with Gasteiger partial charge in [-0.05, 0) is 32.0 Å².